The van der Waals surface area contributed by atoms with Gasteiger partial charge < -0.3 is 14.3 Å². The lowest BCUT2D eigenvalue weighted by molar-refractivity contribution is -0.167. The molecule has 8 atom stereocenters. The molecule has 0 amide bonds. The van der Waals surface area contributed by atoms with Gasteiger partial charge in [0, 0.05) is 24.2 Å². The maximum atomic E-state index is 14.5. The van der Waals surface area contributed by atoms with Gasteiger partial charge >= 0.3 is 0 Å². The summed E-state index contributed by atoms with van der Waals surface area (Å²) in [5.41, 5.74) is -2.28. The molecule has 0 spiro atoms. The Bertz CT molecular complexity index is 1390. The SMILES string of the molecule is [C-]#[N+]C1=C[C@]2(C)C3=CC(=O)[C@@H]4[C@@H]5CC(C)(C)CC[C@]5(c5nnc(C)o5)CC[C@@]4(C)[C@]3(C)CC[C@H]2[C@](C)(O)C1=O. The molecule has 0 bridgehead atoms. The fraction of sp³-hybridized carbons (Fsp3) is 0.719. The summed E-state index contributed by atoms with van der Waals surface area (Å²) >= 11 is 0. The van der Waals surface area contributed by atoms with E-state index in [2.05, 4.69) is 42.7 Å². The van der Waals surface area contributed by atoms with Crippen molar-refractivity contribution in [2.75, 3.05) is 0 Å². The van der Waals surface area contributed by atoms with Gasteiger partial charge in [-0.1, -0.05) is 46.3 Å². The zero-order chi connectivity index (χ0) is 28.4. The maximum absolute atomic E-state index is 14.5. The van der Waals surface area contributed by atoms with Crippen molar-refractivity contribution in [2.24, 2.45) is 39.4 Å². The molecule has 39 heavy (non-hydrogen) atoms. The van der Waals surface area contributed by atoms with Crippen molar-refractivity contribution >= 4 is 11.6 Å². The first-order valence-electron chi connectivity index (χ1n) is 14.5. The Labute approximate surface area is 231 Å². The molecular weight excluding hydrogens is 490 g/mol. The zero-order valence-corrected chi connectivity index (χ0v) is 24.4. The summed E-state index contributed by atoms with van der Waals surface area (Å²) in [6.45, 7) is 22.3. The number of hydrogen-bond donors (Lipinski definition) is 1. The first-order chi connectivity index (χ1) is 18.1. The third-order valence-electron chi connectivity index (χ3n) is 12.5. The van der Waals surface area contributed by atoms with Gasteiger partial charge in [0.15, 0.2) is 11.6 Å². The van der Waals surface area contributed by atoms with Crippen LogP contribution in [0.25, 0.3) is 4.85 Å². The molecular formula is C32H41N3O4. The molecule has 7 heteroatoms. The van der Waals surface area contributed by atoms with Gasteiger partial charge in [-0.2, -0.15) is 0 Å². The minimum absolute atomic E-state index is 0.0212. The van der Waals surface area contributed by atoms with Crippen molar-refractivity contribution in [1.29, 1.82) is 0 Å². The second-order valence-corrected chi connectivity index (χ2v) is 14.9. The Balaban J connectivity index is 1.54. The zero-order valence-electron chi connectivity index (χ0n) is 24.4. The number of fused-ring (bicyclic) bond motifs is 7. The van der Waals surface area contributed by atoms with Crippen LogP contribution >= 0.6 is 0 Å². The number of ketones is 2. The molecule has 0 saturated heterocycles. The number of allylic oxidation sites excluding steroid dienone is 3. The average Bonchev–Trinajstić information content (AvgIpc) is 3.29. The van der Waals surface area contributed by atoms with Crippen molar-refractivity contribution in [3.8, 4) is 0 Å². The fourth-order valence-electron chi connectivity index (χ4n) is 10.2. The van der Waals surface area contributed by atoms with E-state index in [1.54, 1.807) is 13.0 Å². The second-order valence-electron chi connectivity index (χ2n) is 14.9. The van der Waals surface area contributed by atoms with Gasteiger partial charge in [-0.15, -0.1) is 10.2 Å². The molecule has 0 unspecified atom stereocenters. The Kier molecular flexibility index (Phi) is 5.31. The highest BCUT2D eigenvalue weighted by atomic mass is 16.4. The van der Waals surface area contributed by atoms with E-state index in [0.717, 1.165) is 44.1 Å². The van der Waals surface area contributed by atoms with Crippen LogP contribution in [0, 0.1) is 52.9 Å². The van der Waals surface area contributed by atoms with Crippen molar-refractivity contribution in [3.63, 3.8) is 0 Å². The van der Waals surface area contributed by atoms with E-state index in [-0.39, 0.29) is 50.9 Å². The number of carbonyl (C=O) groups excluding carboxylic acids is 2. The molecule has 1 N–H and O–H groups in total. The summed E-state index contributed by atoms with van der Waals surface area (Å²) in [7, 11) is 0. The van der Waals surface area contributed by atoms with Crippen LogP contribution in [0.4, 0.5) is 0 Å². The molecule has 6 rings (SSSR count). The number of aliphatic hydroxyl groups is 1. The summed E-state index contributed by atoms with van der Waals surface area (Å²) in [5, 5.41) is 20.2. The molecule has 3 fully saturated rings. The van der Waals surface area contributed by atoms with Gasteiger partial charge in [0.1, 0.15) is 5.60 Å². The van der Waals surface area contributed by atoms with Gasteiger partial charge in [-0.3, -0.25) is 4.79 Å². The van der Waals surface area contributed by atoms with Crippen LogP contribution < -0.4 is 0 Å². The first-order valence-corrected chi connectivity index (χ1v) is 14.5. The lowest BCUT2D eigenvalue weighted by atomic mass is 9.34. The molecule has 1 heterocycles. The minimum atomic E-state index is -1.64. The normalized spacial score (nSPS) is 46.6. The average molecular weight is 532 g/mol. The van der Waals surface area contributed by atoms with Crippen LogP contribution in [0.1, 0.15) is 98.3 Å². The third-order valence-corrected chi connectivity index (χ3v) is 12.5. The van der Waals surface area contributed by atoms with Crippen molar-refractivity contribution < 1.29 is 19.1 Å². The second kappa shape index (κ2) is 7.78. The predicted octanol–water partition coefficient (Wildman–Crippen LogP) is 5.93. The standard InChI is InChI=1S/C32H41N3O4/c1-18-34-35-26(39-18)32-13-11-27(2,3)16-19(32)24-21(36)15-23-28(4)17-20(33-8)25(37)31(7,38)22(28)9-10-29(23,5)30(24,6)12-14-32/h15,17,19,22,24,38H,9-14,16H2,1-7H3/t19-,22+,24-,28-,29+,30+,31-,32-/m0/s1. The molecule has 3 saturated carbocycles. The number of nitrogens with zero attached hydrogens (tertiary/aromatic N) is 3. The summed E-state index contributed by atoms with van der Waals surface area (Å²) in [6.07, 6.45) is 9.71. The van der Waals surface area contributed by atoms with Crippen LogP contribution in [0.5, 0.6) is 0 Å². The maximum Gasteiger partial charge on any atom is 0.229 e. The largest absolute Gasteiger partial charge is 0.425 e. The summed E-state index contributed by atoms with van der Waals surface area (Å²) in [5.74, 6) is 0.388. The van der Waals surface area contributed by atoms with E-state index < -0.39 is 16.8 Å². The highest BCUT2D eigenvalue weighted by molar-refractivity contribution is 6.05. The lowest BCUT2D eigenvalue weighted by Crippen LogP contribution is -2.66. The van der Waals surface area contributed by atoms with Crippen molar-refractivity contribution in [3.05, 3.63) is 46.6 Å². The van der Waals surface area contributed by atoms with E-state index >= 15 is 0 Å². The highest BCUT2D eigenvalue weighted by Gasteiger charge is 2.71. The topological polar surface area (TPSA) is 97.7 Å². The minimum Gasteiger partial charge on any atom is -0.425 e. The van der Waals surface area contributed by atoms with E-state index in [1.807, 2.05) is 19.9 Å². The highest BCUT2D eigenvalue weighted by Crippen LogP contribution is 2.74. The van der Waals surface area contributed by atoms with E-state index in [0.29, 0.717) is 18.2 Å². The predicted molar refractivity (Wildman–Crippen MR) is 145 cm³/mol. The van der Waals surface area contributed by atoms with Gasteiger partial charge in [-0.25, -0.2) is 4.85 Å². The molecule has 5 aliphatic rings. The molecule has 208 valence electrons. The van der Waals surface area contributed by atoms with Gasteiger partial charge in [0.25, 0.3) is 0 Å². The van der Waals surface area contributed by atoms with E-state index in [4.69, 9.17) is 11.0 Å². The summed E-state index contributed by atoms with van der Waals surface area (Å²) in [4.78, 5) is 31.1. The number of carbonyl (C=O) groups is 2. The lowest BCUT2D eigenvalue weighted by Gasteiger charge is -2.68. The monoisotopic (exact) mass is 531 g/mol. The molecule has 5 aliphatic carbocycles. The fourth-order valence-corrected chi connectivity index (χ4v) is 10.2. The number of rotatable bonds is 1. The molecule has 0 aromatic carbocycles. The van der Waals surface area contributed by atoms with Crippen molar-refractivity contribution in [1.82, 2.24) is 10.2 Å². The number of hydrogen-bond acceptors (Lipinski definition) is 6. The Hall–Kier alpha value is -2.59. The van der Waals surface area contributed by atoms with E-state index in [9.17, 15) is 14.7 Å². The molecule has 0 aliphatic heterocycles. The van der Waals surface area contributed by atoms with Gasteiger partial charge in [-0.05, 0) is 80.1 Å². The summed E-state index contributed by atoms with van der Waals surface area (Å²) < 4.78 is 6.13. The van der Waals surface area contributed by atoms with Crippen LogP contribution in [0.15, 0.2) is 27.8 Å². The van der Waals surface area contributed by atoms with Crippen molar-refractivity contribution in [2.45, 2.75) is 104 Å². The van der Waals surface area contributed by atoms with Crippen LogP contribution in [0.2, 0.25) is 0 Å². The molecule has 0 radical (unpaired) electrons. The molecule has 7 nitrogen and oxygen atoms in total. The number of Topliss-reactive ketones (excluding diaryl/α,β-unsaturated/α-hetero) is 1. The van der Waals surface area contributed by atoms with Gasteiger partial charge in [0.05, 0.1) is 12.0 Å². The smallest absolute Gasteiger partial charge is 0.229 e. The quantitative estimate of drug-likeness (QED) is 0.451. The molecule has 1 aromatic rings. The number of aryl methyl sites for hydroxylation is 1. The van der Waals surface area contributed by atoms with E-state index in [1.165, 1.54) is 0 Å². The summed E-state index contributed by atoms with van der Waals surface area (Å²) in [6, 6.07) is 0. The number of aromatic nitrogens is 2. The van der Waals surface area contributed by atoms with Gasteiger partial charge in [0.2, 0.25) is 17.5 Å². The first kappa shape index (κ1) is 26.6. The molecule has 1 aromatic heterocycles. The Morgan fingerprint density at radius 2 is 1.72 bits per heavy atom. The van der Waals surface area contributed by atoms with Crippen LogP contribution in [-0.4, -0.2) is 32.5 Å². The van der Waals surface area contributed by atoms with Crippen LogP contribution in [0.3, 0.4) is 0 Å². The Morgan fingerprint density at radius 3 is 2.36 bits per heavy atom. The third kappa shape index (κ3) is 3.18. The van der Waals surface area contributed by atoms with Crippen LogP contribution in [-0.2, 0) is 15.0 Å². The Morgan fingerprint density at radius 1 is 1.03 bits per heavy atom.